The summed E-state index contributed by atoms with van der Waals surface area (Å²) >= 11 is 0. The van der Waals surface area contributed by atoms with E-state index < -0.39 is 0 Å². The summed E-state index contributed by atoms with van der Waals surface area (Å²) in [7, 11) is 0. The summed E-state index contributed by atoms with van der Waals surface area (Å²) in [5.74, 6) is 0.976. The molecule has 0 bridgehead atoms. The lowest BCUT2D eigenvalue weighted by Crippen LogP contribution is -1.95. The van der Waals surface area contributed by atoms with Gasteiger partial charge >= 0.3 is 0 Å². The van der Waals surface area contributed by atoms with Crippen LogP contribution in [0.2, 0.25) is 0 Å². The molecule has 0 amide bonds. The van der Waals surface area contributed by atoms with Crippen molar-refractivity contribution in [3.05, 3.63) is 108 Å². The third kappa shape index (κ3) is 3.50. The number of benzene rings is 5. The van der Waals surface area contributed by atoms with Crippen LogP contribution in [0, 0.1) is 0 Å². The lowest BCUT2D eigenvalue weighted by atomic mass is 9.83. The summed E-state index contributed by atoms with van der Waals surface area (Å²) in [5, 5.41) is 5.34. The molecule has 0 N–H and O–H groups in total. The van der Waals surface area contributed by atoms with Gasteiger partial charge < -0.3 is 0 Å². The molecular weight excluding hydrogens is 384 g/mol. The Morgan fingerprint density at radius 3 is 1.12 bits per heavy atom. The van der Waals surface area contributed by atoms with Crippen molar-refractivity contribution < 1.29 is 0 Å². The number of hydrogen-bond acceptors (Lipinski definition) is 0. The molecule has 5 aromatic carbocycles. The molecule has 158 valence electrons. The third-order valence-electron chi connectivity index (χ3n) is 6.62. The summed E-state index contributed by atoms with van der Waals surface area (Å²) in [6.07, 6.45) is 0. The molecule has 5 aromatic rings. The monoisotopic (exact) mass is 414 g/mol. The lowest BCUT2D eigenvalue weighted by molar-refractivity contribution is 0.868. The second-order valence-corrected chi connectivity index (χ2v) is 9.40. The predicted molar refractivity (Wildman–Crippen MR) is 141 cm³/mol. The van der Waals surface area contributed by atoms with E-state index in [1.165, 1.54) is 54.9 Å². The maximum Gasteiger partial charge on any atom is -0.00202 e. The molecule has 0 heterocycles. The van der Waals surface area contributed by atoms with Gasteiger partial charge in [0.1, 0.15) is 0 Å². The molecule has 0 atom stereocenters. The first-order valence-electron chi connectivity index (χ1n) is 11.7. The molecule has 0 aromatic heterocycles. The Kier molecular flexibility index (Phi) is 5.31. The summed E-state index contributed by atoms with van der Waals surface area (Å²) in [6.45, 7) is 9.10. The zero-order valence-corrected chi connectivity index (χ0v) is 19.4. The van der Waals surface area contributed by atoms with Gasteiger partial charge in [-0.25, -0.2) is 0 Å². The largest absolute Gasteiger partial charge is 0.0622 e. The van der Waals surface area contributed by atoms with E-state index in [9.17, 15) is 0 Å². The highest BCUT2D eigenvalue weighted by atomic mass is 14.2. The van der Waals surface area contributed by atoms with Crippen LogP contribution in [-0.4, -0.2) is 0 Å². The maximum atomic E-state index is 2.42. The maximum absolute atomic E-state index is 2.42. The van der Waals surface area contributed by atoms with Gasteiger partial charge in [-0.15, -0.1) is 0 Å². The molecule has 0 saturated heterocycles. The number of fused-ring (bicyclic) bond motifs is 3. The first kappa shape index (κ1) is 20.5. The van der Waals surface area contributed by atoms with Crippen LogP contribution in [0.15, 0.2) is 97.1 Å². The van der Waals surface area contributed by atoms with Crippen molar-refractivity contribution in [2.45, 2.75) is 39.5 Å². The molecule has 32 heavy (non-hydrogen) atoms. The van der Waals surface area contributed by atoms with Crippen molar-refractivity contribution in [3.63, 3.8) is 0 Å². The fraction of sp³-hybridized carbons (Fsp3) is 0.188. The van der Waals surface area contributed by atoms with Crippen LogP contribution in [-0.2, 0) is 0 Å². The minimum absolute atomic E-state index is 0.488. The van der Waals surface area contributed by atoms with Crippen LogP contribution in [0.3, 0.4) is 0 Å². The van der Waals surface area contributed by atoms with E-state index in [2.05, 4.69) is 125 Å². The van der Waals surface area contributed by atoms with Gasteiger partial charge in [-0.05, 0) is 66.8 Å². The fourth-order valence-corrected chi connectivity index (χ4v) is 4.80. The van der Waals surface area contributed by atoms with Crippen LogP contribution in [0.25, 0.3) is 43.8 Å². The van der Waals surface area contributed by atoms with Gasteiger partial charge in [0.15, 0.2) is 0 Å². The van der Waals surface area contributed by atoms with Gasteiger partial charge in [-0.3, -0.25) is 0 Å². The highest BCUT2D eigenvalue weighted by molar-refractivity contribution is 6.21. The molecule has 0 radical (unpaired) electrons. The summed E-state index contributed by atoms with van der Waals surface area (Å²) in [5.41, 5.74) is 7.98. The van der Waals surface area contributed by atoms with Crippen molar-refractivity contribution in [2.24, 2.45) is 0 Å². The second-order valence-electron chi connectivity index (χ2n) is 9.40. The van der Waals surface area contributed by atoms with Crippen LogP contribution in [0.1, 0.15) is 50.7 Å². The Morgan fingerprint density at radius 1 is 0.406 bits per heavy atom. The van der Waals surface area contributed by atoms with Crippen molar-refractivity contribution in [1.29, 1.82) is 0 Å². The average Bonchev–Trinajstić information content (AvgIpc) is 2.83. The fourth-order valence-electron chi connectivity index (χ4n) is 4.80. The Labute approximate surface area is 191 Å². The summed E-state index contributed by atoms with van der Waals surface area (Å²) < 4.78 is 0. The van der Waals surface area contributed by atoms with E-state index in [4.69, 9.17) is 0 Å². The van der Waals surface area contributed by atoms with Crippen molar-refractivity contribution in [3.8, 4) is 22.3 Å². The molecule has 0 nitrogen and oxygen atoms in total. The molecule has 5 rings (SSSR count). The standard InChI is InChI=1S/C32H30/c1-21(2)25-15-17-27-28-18-16-26(22(3)4)20-30(28)32(24-13-9-6-10-14-24)31(29(27)19-25)23-11-7-5-8-12-23/h5-22H,1-4H3. The number of rotatable bonds is 4. The zero-order valence-electron chi connectivity index (χ0n) is 19.4. The van der Waals surface area contributed by atoms with Gasteiger partial charge in [0.25, 0.3) is 0 Å². The van der Waals surface area contributed by atoms with Gasteiger partial charge in [0, 0.05) is 0 Å². The van der Waals surface area contributed by atoms with Gasteiger partial charge in [-0.2, -0.15) is 0 Å². The Morgan fingerprint density at radius 2 is 0.781 bits per heavy atom. The van der Waals surface area contributed by atoms with Crippen LogP contribution < -0.4 is 0 Å². The number of hydrogen-bond donors (Lipinski definition) is 0. The summed E-state index contributed by atoms with van der Waals surface area (Å²) in [4.78, 5) is 0. The van der Waals surface area contributed by atoms with E-state index in [1.54, 1.807) is 0 Å². The molecular formula is C32H30. The Hall–Kier alpha value is -3.38. The smallest absolute Gasteiger partial charge is 0.00202 e. The molecule has 0 fully saturated rings. The van der Waals surface area contributed by atoms with E-state index >= 15 is 0 Å². The lowest BCUT2D eigenvalue weighted by Gasteiger charge is -2.21. The molecule has 0 spiro atoms. The zero-order chi connectivity index (χ0) is 22.2. The molecule has 0 aliphatic heterocycles. The van der Waals surface area contributed by atoms with Crippen molar-refractivity contribution in [1.82, 2.24) is 0 Å². The molecule has 0 aliphatic carbocycles. The molecule has 0 aliphatic rings. The van der Waals surface area contributed by atoms with Crippen LogP contribution >= 0.6 is 0 Å². The van der Waals surface area contributed by atoms with E-state index in [-0.39, 0.29) is 0 Å². The quantitative estimate of drug-likeness (QED) is 0.257. The van der Waals surface area contributed by atoms with E-state index in [1.807, 2.05) is 0 Å². The van der Waals surface area contributed by atoms with Gasteiger partial charge in [-0.1, -0.05) is 125 Å². The molecule has 0 saturated carbocycles. The van der Waals surface area contributed by atoms with Crippen molar-refractivity contribution in [2.75, 3.05) is 0 Å². The Bertz CT molecular complexity index is 1280. The van der Waals surface area contributed by atoms with Crippen LogP contribution in [0.5, 0.6) is 0 Å². The van der Waals surface area contributed by atoms with Crippen molar-refractivity contribution >= 4 is 21.5 Å². The van der Waals surface area contributed by atoms with E-state index in [0.29, 0.717) is 11.8 Å². The normalized spacial score (nSPS) is 11.7. The van der Waals surface area contributed by atoms with Gasteiger partial charge in [0.2, 0.25) is 0 Å². The first-order valence-corrected chi connectivity index (χ1v) is 11.7. The molecule has 0 heteroatoms. The summed E-state index contributed by atoms with van der Waals surface area (Å²) in [6, 6.07) is 35.9. The molecule has 0 unspecified atom stereocenters. The predicted octanol–water partition coefficient (Wildman–Crippen LogP) is 9.57. The van der Waals surface area contributed by atoms with Gasteiger partial charge in [0.05, 0.1) is 0 Å². The average molecular weight is 415 g/mol. The highest BCUT2D eigenvalue weighted by Gasteiger charge is 2.19. The minimum atomic E-state index is 0.488. The SMILES string of the molecule is CC(C)c1ccc2c(c1)c(-c1ccccc1)c(-c1ccccc1)c1cc(C(C)C)ccc12. The van der Waals surface area contributed by atoms with Crippen LogP contribution in [0.4, 0.5) is 0 Å². The topological polar surface area (TPSA) is 0 Å². The third-order valence-corrected chi connectivity index (χ3v) is 6.62. The highest BCUT2D eigenvalue weighted by Crippen LogP contribution is 2.45. The minimum Gasteiger partial charge on any atom is -0.0622 e. The van der Waals surface area contributed by atoms with E-state index in [0.717, 1.165) is 0 Å². The first-order chi connectivity index (χ1) is 15.5. The Balaban J connectivity index is 2.04. The second kappa shape index (κ2) is 8.28.